The highest BCUT2D eigenvalue weighted by Crippen LogP contribution is 2.08. The van der Waals surface area contributed by atoms with Gasteiger partial charge in [-0.1, -0.05) is 19.1 Å². The summed E-state index contributed by atoms with van der Waals surface area (Å²) >= 11 is 0. The minimum atomic E-state index is -0.261. The molecule has 0 aliphatic heterocycles. The Morgan fingerprint density at radius 3 is 2.78 bits per heavy atom. The van der Waals surface area contributed by atoms with Gasteiger partial charge in [0.05, 0.1) is 0 Å². The maximum absolute atomic E-state index is 13.1. The molecule has 0 saturated heterocycles. The van der Waals surface area contributed by atoms with E-state index in [0.717, 1.165) is 12.1 Å². The van der Waals surface area contributed by atoms with Crippen molar-refractivity contribution in [2.45, 2.75) is 26.8 Å². The second kappa shape index (κ2) is 7.82. The Kier molecular flexibility index (Phi) is 6.36. The van der Waals surface area contributed by atoms with Crippen molar-refractivity contribution >= 4 is 5.91 Å². The molecular weight excluding hydrogens is 231 g/mol. The summed E-state index contributed by atoms with van der Waals surface area (Å²) in [5.41, 5.74) is 0.827. The van der Waals surface area contributed by atoms with Crippen molar-refractivity contribution in [2.75, 3.05) is 19.6 Å². The molecule has 0 radical (unpaired) electrons. The first-order chi connectivity index (χ1) is 8.67. The fourth-order valence-electron chi connectivity index (χ4n) is 1.76. The standard InChI is InChI=1S/C14H21FN2O/c1-3-16-9-8-14(18)17(4-2)11-12-6-5-7-13(15)10-12/h5-7,10,16H,3-4,8-9,11H2,1-2H3. The molecule has 1 aromatic carbocycles. The zero-order valence-corrected chi connectivity index (χ0v) is 11.1. The average Bonchev–Trinajstić information content (AvgIpc) is 2.36. The van der Waals surface area contributed by atoms with E-state index in [1.54, 1.807) is 11.0 Å². The second-order valence-corrected chi connectivity index (χ2v) is 4.14. The molecular formula is C14H21FN2O. The molecule has 1 aromatic rings. The average molecular weight is 252 g/mol. The number of rotatable bonds is 7. The van der Waals surface area contributed by atoms with E-state index in [0.29, 0.717) is 26.1 Å². The van der Waals surface area contributed by atoms with Gasteiger partial charge >= 0.3 is 0 Å². The highest BCUT2D eigenvalue weighted by molar-refractivity contribution is 5.76. The Morgan fingerprint density at radius 2 is 2.17 bits per heavy atom. The second-order valence-electron chi connectivity index (χ2n) is 4.14. The maximum Gasteiger partial charge on any atom is 0.224 e. The van der Waals surface area contributed by atoms with Gasteiger partial charge < -0.3 is 10.2 Å². The number of nitrogens with zero attached hydrogens (tertiary/aromatic N) is 1. The van der Waals surface area contributed by atoms with Crippen molar-refractivity contribution in [3.63, 3.8) is 0 Å². The molecule has 0 bridgehead atoms. The summed E-state index contributed by atoms with van der Waals surface area (Å²) < 4.78 is 13.1. The molecule has 0 heterocycles. The normalized spacial score (nSPS) is 10.4. The van der Waals surface area contributed by atoms with Crippen LogP contribution in [0.1, 0.15) is 25.8 Å². The van der Waals surface area contributed by atoms with Gasteiger partial charge in [0, 0.05) is 26.1 Å². The van der Waals surface area contributed by atoms with Gasteiger partial charge in [0.25, 0.3) is 0 Å². The fourth-order valence-corrected chi connectivity index (χ4v) is 1.76. The molecule has 4 heteroatoms. The van der Waals surface area contributed by atoms with E-state index in [1.807, 2.05) is 19.9 Å². The molecule has 0 spiro atoms. The minimum Gasteiger partial charge on any atom is -0.339 e. The third-order valence-corrected chi connectivity index (χ3v) is 2.76. The predicted molar refractivity (Wildman–Crippen MR) is 70.7 cm³/mol. The van der Waals surface area contributed by atoms with E-state index in [-0.39, 0.29) is 11.7 Å². The van der Waals surface area contributed by atoms with Crippen LogP contribution < -0.4 is 5.32 Å². The van der Waals surface area contributed by atoms with Gasteiger partial charge in [0.1, 0.15) is 5.82 Å². The molecule has 100 valence electrons. The van der Waals surface area contributed by atoms with E-state index in [1.165, 1.54) is 12.1 Å². The fraction of sp³-hybridized carbons (Fsp3) is 0.500. The Hall–Kier alpha value is -1.42. The number of carbonyl (C=O) groups excluding carboxylic acids is 1. The monoisotopic (exact) mass is 252 g/mol. The summed E-state index contributed by atoms with van der Waals surface area (Å²) in [6, 6.07) is 6.39. The molecule has 18 heavy (non-hydrogen) atoms. The highest BCUT2D eigenvalue weighted by atomic mass is 19.1. The van der Waals surface area contributed by atoms with Crippen LogP contribution in [-0.2, 0) is 11.3 Å². The minimum absolute atomic E-state index is 0.0997. The van der Waals surface area contributed by atoms with E-state index < -0.39 is 0 Å². The number of hydrogen-bond acceptors (Lipinski definition) is 2. The number of benzene rings is 1. The number of nitrogens with one attached hydrogen (secondary N) is 1. The zero-order chi connectivity index (χ0) is 13.4. The van der Waals surface area contributed by atoms with E-state index in [4.69, 9.17) is 0 Å². The summed E-state index contributed by atoms with van der Waals surface area (Å²) in [6.07, 6.45) is 0.483. The highest BCUT2D eigenvalue weighted by Gasteiger charge is 2.11. The first kappa shape index (κ1) is 14.6. The van der Waals surface area contributed by atoms with Crippen LogP contribution in [-0.4, -0.2) is 30.4 Å². The van der Waals surface area contributed by atoms with E-state index >= 15 is 0 Å². The molecule has 0 aliphatic carbocycles. The lowest BCUT2D eigenvalue weighted by Gasteiger charge is -2.21. The Bertz CT molecular complexity index is 382. The van der Waals surface area contributed by atoms with Crippen LogP contribution in [0, 0.1) is 5.82 Å². The molecule has 1 amide bonds. The summed E-state index contributed by atoms with van der Waals surface area (Å²) in [4.78, 5) is 13.7. The van der Waals surface area contributed by atoms with E-state index in [2.05, 4.69) is 5.32 Å². The van der Waals surface area contributed by atoms with Crippen LogP contribution in [0.4, 0.5) is 4.39 Å². The number of halogens is 1. The molecule has 1 N–H and O–H groups in total. The van der Waals surface area contributed by atoms with Crippen LogP contribution in [0.25, 0.3) is 0 Å². The van der Waals surface area contributed by atoms with Crippen molar-refractivity contribution in [1.82, 2.24) is 10.2 Å². The molecule has 0 atom stereocenters. The van der Waals surface area contributed by atoms with Crippen molar-refractivity contribution in [1.29, 1.82) is 0 Å². The molecule has 0 fully saturated rings. The van der Waals surface area contributed by atoms with Gasteiger partial charge in [-0.05, 0) is 31.2 Å². The van der Waals surface area contributed by atoms with Gasteiger partial charge in [0.2, 0.25) is 5.91 Å². The smallest absolute Gasteiger partial charge is 0.224 e. The lowest BCUT2D eigenvalue weighted by atomic mass is 10.2. The van der Waals surface area contributed by atoms with Crippen LogP contribution in [0.3, 0.4) is 0 Å². The number of carbonyl (C=O) groups is 1. The number of hydrogen-bond donors (Lipinski definition) is 1. The van der Waals surface area contributed by atoms with Gasteiger partial charge in [0.15, 0.2) is 0 Å². The Balaban J connectivity index is 2.53. The van der Waals surface area contributed by atoms with Gasteiger partial charge in [-0.3, -0.25) is 4.79 Å². The van der Waals surface area contributed by atoms with Crippen LogP contribution in [0.15, 0.2) is 24.3 Å². The lowest BCUT2D eigenvalue weighted by Crippen LogP contribution is -2.32. The van der Waals surface area contributed by atoms with Crippen molar-refractivity contribution < 1.29 is 9.18 Å². The van der Waals surface area contributed by atoms with Crippen molar-refractivity contribution in [3.8, 4) is 0 Å². The SMILES string of the molecule is CCNCCC(=O)N(CC)Cc1cccc(F)c1. The zero-order valence-electron chi connectivity index (χ0n) is 11.1. The molecule has 0 saturated carbocycles. The van der Waals surface area contributed by atoms with Crippen molar-refractivity contribution in [2.24, 2.45) is 0 Å². The Morgan fingerprint density at radius 1 is 1.39 bits per heavy atom. The molecule has 0 aliphatic rings. The van der Waals surface area contributed by atoms with Crippen LogP contribution in [0.5, 0.6) is 0 Å². The van der Waals surface area contributed by atoms with Crippen LogP contribution >= 0.6 is 0 Å². The van der Waals surface area contributed by atoms with Gasteiger partial charge in [-0.15, -0.1) is 0 Å². The molecule has 1 rings (SSSR count). The summed E-state index contributed by atoms with van der Waals surface area (Å²) in [6.45, 7) is 6.61. The third kappa shape index (κ3) is 4.84. The summed E-state index contributed by atoms with van der Waals surface area (Å²) in [5.74, 6) is -0.161. The predicted octanol–water partition coefficient (Wildman–Crippen LogP) is 2.17. The molecule has 3 nitrogen and oxygen atoms in total. The number of amides is 1. The van der Waals surface area contributed by atoms with Crippen molar-refractivity contribution in [3.05, 3.63) is 35.6 Å². The maximum atomic E-state index is 13.1. The van der Waals surface area contributed by atoms with Gasteiger partial charge in [-0.2, -0.15) is 0 Å². The van der Waals surface area contributed by atoms with Crippen LogP contribution in [0.2, 0.25) is 0 Å². The van der Waals surface area contributed by atoms with E-state index in [9.17, 15) is 9.18 Å². The van der Waals surface area contributed by atoms with Gasteiger partial charge in [-0.25, -0.2) is 4.39 Å². The summed E-state index contributed by atoms with van der Waals surface area (Å²) in [7, 11) is 0. The summed E-state index contributed by atoms with van der Waals surface area (Å²) in [5, 5.41) is 3.12. The lowest BCUT2D eigenvalue weighted by molar-refractivity contribution is -0.131. The first-order valence-electron chi connectivity index (χ1n) is 6.40. The topological polar surface area (TPSA) is 32.3 Å². The largest absolute Gasteiger partial charge is 0.339 e. The first-order valence-corrected chi connectivity index (χ1v) is 6.40. The Labute approximate surface area is 108 Å². The molecule has 0 unspecified atom stereocenters. The third-order valence-electron chi connectivity index (χ3n) is 2.76. The quantitative estimate of drug-likeness (QED) is 0.754. The molecule has 0 aromatic heterocycles.